The molecule has 0 aromatic heterocycles. The largest absolute Gasteiger partial charge is 0.362 e. The van der Waals surface area contributed by atoms with Crippen molar-refractivity contribution < 1.29 is 4.79 Å². The number of nitrogens with zero attached hydrogens (tertiary/aromatic N) is 2. The Hall–Kier alpha value is -2.33. The molecule has 0 spiro atoms. The maximum Gasteiger partial charge on any atom is 0.259 e. The molecule has 2 aromatic rings. The second kappa shape index (κ2) is 7.29. The molecule has 2 aromatic carbocycles. The van der Waals surface area contributed by atoms with Gasteiger partial charge in [0.25, 0.3) is 5.91 Å². The second-order valence-electron chi connectivity index (χ2n) is 5.50. The number of para-hydroxylation sites is 1. The summed E-state index contributed by atoms with van der Waals surface area (Å²) in [5, 5.41) is 4.64. The molecular weight excluding hydrogens is 310 g/mol. The van der Waals surface area contributed by atoms with E-state index in [1.54, 1.807) is 18.3 Å². The first-order valence-electron chi connectivity index (χ1n) is 7.63. The summed E-state index contributed by atoms with van der Waals surface area (Å²) in [6.45, 7) is 1.20. The van der Waals surface area contributed by atoms with Crippen LogP contribution in [-0.2, 0) is 11.2 Å². The smallest absolute Gasteiger partial charge is 0.259 e. The summed E-state index contributed by atoms with van der Waals surface area (Å²) >= 11 is 5.91. The first kappa shape index (κ1) is 15.6. The highest BCUT2D eigenvalue weighted by molar-refractivity contribution is 6.30. The van der Waals surface area contributed by atoms with Gasteiger partial charge in [-0.3, -0.25) is 4.79 Å². The van der Waals surface area contributed by atoms with Crippen LogP contribution in [0.25, 0.3) is 0 Å². The minimum Gasteiger partial charge on any atom is -0.362 e. The number of rotatable bonds is 4. The van der Waals surface area contributed by atoms with Gasteiger partial charge in [0, 0.05) is 17.3 Å². The summed E-state index contributed by atoms with van der Waals surface area (Å²) in [4.78, 5) is 14.2. The normalized spacial score (nSPS) is 13.9. The number of aryl methyl sites for hydroxylation is 1. The predicted octanol–water partition coefficient (Wildman–Crippen LogP) is 3.24. The number of anilines is 1. The first-order chi connectivity index (χ1) is 11.2. The zero-order valence-corrected chi connectivity index (χ0v) is 13.5. The maximum absolute atomic E-state index is 12.1. The second-order valence-corrected chi connectivity index (χ2v) is 5.94. The fourth-order valence-corrected chi connectivity index (χ4v) is 2.95. The Morgan fingerprint density at radius 2 is 2.13 bits per heavy atom. The highest BCUT2D eigenvalue weighted by Crippen LogP contribution is 2.26. The molecule has 0 fully saturated rings. The van der Waals surface area contributed by atoms with E-state index in [2.05, 4.69) is 27.6 Å². The summed E-state index contributed by atoms with van der Waals surface area (Å²) in [5.41, 5.74) is 5.87. The van der Waals surface area contributed by atoms with Crippen molar-refractivity contribution in [2.45, 2.75) is 12.8 Å². The van der Waals surface area contributed by atoms with Crippen molar-refractivity contribution in [3.63, 3.8) is 0 Å². The SMILES string of the molecule is O=C(CN1CCCc2ccccc21)N/N=C\c1cccc(Cl)c1. The van der Waals surface area contributed by atoms with Crippen molar-refractivity contribution in [3.8, 4) is 0 Å². The summed E-state index contributed by atoms with van der Waals surface area (Å²) in [6, 6.07) is 15.5. The Morgan fingerprint density at radius 3 is 3.00 bits per heavy atom. The Bertz CT molecular complexity index is 730. The molecule has 23 heavy (non-hydrogen) atoms. The summed E-state index contributed by atoms with van der Waals surface area (Å²) in [6.07, 6.45) is 3.73. The summed E-state index contributed by atoms with van der Waals surface area (Å²) in [5.74, 6) is -0.125. The number of carbonyl (C=O) groups is 1. The molecule has 1 amide bonds. The number of amides is 1. The number of hydrogen-bond acceptors (Lipinski definition) is 3. The van der Waals surface area contributed by atoms with Crippen molar-refractivity contribution in [2.75, 3.05) is 18.0 Å². The Balaban J connectivity index is 1.58. The van der Waals surface area contributed by atoms with Crippen molar-refractivity contribution >= 4 is 29.4 Å². The molecule has 0 unspecified atom stereocenters. The van der Waals surface area contributed by atoms with Gasteiger partial charge in [0.05, 0.1) is 12.8 Å². The Morgan fingerprint density at radius 1 is 1.26 bits per heavy atom. The van der Waals surface area contributed by atoms with Gasteiger partial charge in [-0.15, -0.1) is 0 Å². The van der Waals surface area contributed by atoms with Crippen LogP contribution in [0.4, 0.5) is 5.69 Å². The minimum atomic E-state index is -0.125. The number of benzene rings is 2. The summed E-state index contributed by atoms with van der Waals surface area (Å²) in [7, 11) is 0. The van der Waals surface area contributed by atoms with Gasteiger partial charge in [-0.1, -0.05) is 41.9 Å². The van der Waals surface area contributed by atoms with E-state index in [4.69, 9.17) is 11.6 Å². The topological polar surface area (TPSA) is 44.7 Å². The third-order valence-electron chi connectivity index (χ3n) is 3.79. The van der Waals surface area contributed by atoms with Crippen LogP contribution in [0.5, 0.6) is 0 Å². The van der Waals surface area contributed by atoms with Crippen LogP contribution in [0.1, 0.15) is 17.5 Å². The number of hydrogen-bond donors (Lipinski definition) is 1. The lowest BCUT2D eigenvalue weighted by Crippen LogP contribution is -2.38. The van der Waals surface area contributed by atoms with E-state index in [-0.39, 0.29) is 5.91 Å². The van der Waals surface area contributed by atoms with E-state index in [0.717, 1.165) is 30.6 Å². The molecule has 1 aliphatic heterocycles. The van der Waals surface area contributed by atoms with Crippen LogP contribution in [0.3, 0.4) is 0 Å². The van der Waals surface area contributed by atoms with Gasteiger partial charge in [0.15, 0.2) is 0 Å². The van der Waals surface area contributed by atoms with Crippen molar-refractivity contribution in [1.29, 1.82) is 0 Å². The van der Waals surface area contributed by atoms with Crippen molar-refractivity contribution in [3.05, 3.63) is 64.7 Å². The molecule has 0 saturated carbocycles. The minimum absolute atomic E-state index is 0.125. The average molecular weight is 328 g/mol. The van der Waals surface area contributed by atoms with E-state index in [9.17, 15) is 4.79 Å². The molecule has 0 radical (unpaired) electrons. The third-order valence-corrected chi connectivity index (χ3v) is 4.03. The monoisotopic (exact) mass is 327 g/mol. The summed E-state index contributed by atoms with van der Waals surface area (Å²) < 4.78 is 0. The van der Waals surface area contributed by atoms with E-state index < -0.39 is 0 Å². The standard InChI is InChI=1S/C18H18ClN3O/c19-16-8-3-5-14(11-16)12-20-21-18(23)13-22-10-4-7-15-6-1-2-9-17(15)22/h1-3,5-6,8-9,11-12H,4,7,10,13H2,(H,21,23)/b20-12-. The van der Waals surface area contributed by atoms with Crippen LogP contribution in [0.15, 0.2) is 53.6 Å². The van der Waals surface area contributed by atoms with Gasteiger partial charge in [0.2, 0.25) is 0 Å². The average Bonchev–Trinajstić information content (AvgIpc) is 2.55. The molecular formula is C18H18ClN3O. The molecule has 0 saturated heterocycles. The molecule has 3 rings (SSSR count). The van der Waals surface area contributed by atoms with Crippen LogP contribution in [0.2, 0.25) is 5.02 Å². The molecule has 118 valence electrons. The first-order valence-corrected chi connectivity index (χ1v) is 8.00. The molecule has 1 aliphatic rings. The highest BCUT2D eigenvalue weighted by Gasteiger charge is 2.18. The van der Waals surface area contributed by atoms with Crippen LogP contribution < -0.4 is 10.3 Å². The zero-order chi connectivity index (χ0) is 16.1. The van der Waals surface area contributed by atoms with Gasteiger partial charge in [-0.05, 0) is 42.2 Å². The Labute approximate surface area is 140 Å². The fourth-order valence-electron chi connectivity index (χ4n) is 2.75. The molecule has 4 nitrogen and oxygen atoms in total. The Kier molecular flexibility index (Phi) is 4.93. The zero-order valence-electron chi connectivity index (χ0n) is 12.7. The van der Waals surface area contributed by atoms with Crippen LogP contribution >= 0.6 is 11.6 Å². The lowest BCUT2D eigenvalue weighted by atomic mass is 10.0. The molecule has 0 atom stereocenters. The van der Waals surface area contributed by atoms with Gasteiger partial charge >= 0.3 is 0 Å². The number of fused-ring (bicyclic) bond motifs is 1. The molecule has 5 heteroatoms. The molecule has 1 heterocycles. The quantitative estimate of drug-likeness (QED) is 0.692. The van der Waals surface area contributed by atoms with Crippen LogP contribution in [-0.4, -0.2) is 25.2 Å². The van der Waals surface area contributed by atoms with E-state index >= 15 is 0 Å². The number of halogens is 1. The van der Waals surface area contributed by atoms with E-state index in [0.29, 0.717) is 11.6 Å². The fraction of sp³-hybridized carbons (Fsp3) is 0.222. The lowest BCUT2D eigenvalue weighted by molar-refractivity contribution is -0.119. The third kappa shape index (κ3) is 4.11. The molecule has 0 bridgehead atoms. The van der Waals surface area contributed by atoms with E-state index in [1.807, 2.05) is 24.3 Å². The maximum atomic E-state index is 12.1. The van der Waals surface area contributed by atoms with Crippen molar-refractivity contribution in [1.82, 2.24) is 5.43 Å². The van der Waals surface area contributed by atoms with E-state index in [1.165, 1.54) is 5.56 Å². The van der Waals surface area contributed by atoms with Crippen LogP contribution in [0, 0.1) is 0 Å². The lowest BCUT2D eigenvalue weighted by Gasteiger charge is -2.30. The van der Waals surface area contributed by atoms with Gasteiger partial charge in [-0.25, -0.2) is 5.43 Å². The molecule has 1 N–H and O–H groups in total. The van der Waals surface area contributed by atoms with Gasteiger partial charge in [0.1, 0.15) is 0 Å². The van der Waals surface area contributed by atoms with Gasteiger partial charge in [-0.2, -0.15) is 5.10 Å². The predicted molar refractivity (Wildman–Crippen MR) is 94.2 cm³/mol. The molecule has 0 aliphatic carbocycles. The number of carbonyl (C=O) groups excluding carboxylic acids is 1. The number of nitrogens with one attached hydrogen (secondary N) is 1. The number of hydrazone groups is 1. The van der Waals surface area contributed by atoms with Gasteiger partial charge < -0.3 is 4.90 Å². The highest BCUT2D eigenvalue weighted by atomic mass is 35.5. The van der Waals surface area contributed by atoms with Crippen molar-refractivity contribution in [2.24, 2.45) is 5.10 Å².